The SMILES string of the molecule is CCn1cc(S(=O)(=O)NCCc2ncc[nH]2)nc1C. The van der Waals surface area contributed by atoms with Gasteiger partial charge in [-0.2, -0.15) is 0 Å². The first-order valence-electron chi connectivity index (χ1n) is 6.04. The van der Waals surface area contributed by atoms with Gasteiger partial charge in [0.1, 0.15) is 11.6 Å². The number of aromatic amines is 1. The molecule has 0 atom stereocenters. The zero-order valence-corrected chi connectivity index (χ0v) is 11.7. The number of rotatable bonds is 6. The summed E-state index contributed by atoms with van der Waals surface area (Å²) >= 11 is 0. The summed E-state index contributed by atoms with van der Waals surface area (Å²) in [5, 5.41) is 0.0614. The summed E-state index contributed by atoms with van der Waals surface area (Å²) in [6, 6.07) is 0. The number of nitrogens with zero attached hydrogens (tertiary/aromatic N) is 3. The van der Waals surface area contributed by atoms with Crippen LogP contribution in [0.5, 0.6) is 0 Å². The van der Waals surface area contributed by atoms with Crippen LogP contribution in [0.3, 0.4) is 0 Å². The van der Waals surface area contributed by atoms with Gasteiger partial charge < -0.3 is 9.55 Å². The van der Waals surface area contributed by atoms with Crippen LogP contribution >= 0.6 is 0 Å². The van der Waals surface area contributed by atoms with Gasteiger partial charge in [0, 0.05) is 38.1 Å². The van der Waals surface area contributed by atoms with Crippen molar-refractivity contribution in [3.8, 4) is 0 Å². The van der Waals surface area contributed by atoms with Crippen LogP contribution in [0.25, 0.3) is 0 Å². The molecule has 0 saturated carbocycles. The molecule has 19 heavy (non-hydrogen) atoms. The molecule has 104 valence electrons. The lowest BCUT2D eigenvalue weighted by molar-refractivity contribution is 0.577. The number of aryl methyl sites for hydroxylation is 2. The Balaban J connectivity index is 2.01. The average molecular weight is 283 g/mol. The maximum absolute atomic E-state index is 12.0. The van der Waals surface area contributed by atoms with Gasteiger partial charge in [0.2, 0.25) is 0 Å². The second-order valence-corrected chi connectivity index (χ2v) is 5.81. The van der Waals surface area contributed by atoms with Crippen LogP contribution < -0.4 is 4.72 Å². The Hall–Kier alpha value is -1.67. The number of hydrogen-bond donors (Lipinski definition) is 2. The van der Waals surface area contributed by atoms with Gasteiger partial charge in [0.15, 0.2) is 5.03 Å². The predicted octanol–water partition coefficient (Wildman–Crippen LogP) is 0.456. The van der Waals surface area contributed by atoms with Gasteiger partial charge in [-0.05, 0) is 13.8 Å². The molecule has 0 radical (unpaired) electrons. The van der Waals surface area contributed by atoms with E-state index in [-0.39, 0.29) is 11.6 Å². The predicted molar refractivity (Wildman–Crippen MR) is 70.1 cm³/mol. The van der Waals surface area contributed by atoms with E-state index in [0.29, 0.717) is 18.8 Å². The molecule has 0 bridgehead atoms. The topological polar surface area (TPSA) is 92.7 Å². The first-order chi connectivity index (χ1) is 9.03. The molecule has 0 unspecified atom stereocenters. The molecule has 0 spiro atoms. The van der Waals surface area contributed by atoms with Gasteiger partial charge in [-0.25, -0.2) is 23.1 Å². The number of hydrogen-bond acceptors (Lipinski definition) is 4. The zero-order chi connectivity index (χ0) is 13.9. The number of aromatic nitrogens is 4. The Labute approximate surface area is 112 Å². The second kappa shape index (κ2) is 5.54. The van der Waals surface area contributed by atoms with Crippen LogP contribution in [0.4, 0.5) is 0 Å². The quantitative estimate of drug-likeness (QED) is 0.805. The highest BCUT2D eigenvalue weighted by Gasteiger charge is 2.18. The fourth-order valence-electron chi connectivity index (χ4n) is 1.74. The van der Waals surface area contributed by atoms with E-state index in [1.165, 1.54) is 0 Å². The Morgan fingerprint density at radius 2 is 2.26 bits per heavy atom. The highest BCUT2D eigenvalue weighted by molar-refractivity contribution is 7.89. The molecule has 2 rings (SSSR count). The largest absolute Gasteiger partial charge is 0.349 e. The monoisotopic (exact) mass is 283 g/mol. The summed E-state index contributed by atoms with van der Waals surface area (Å²) in [5.74, 6) is 1.44. The van der Waals surface area contributed by atoms with Crippen molar-refractivity contribution in [1.29, 1.82) is 0 Å². The maximum atomic E-state index is 12.0. The second-order valence-electron chi connectivity index (χ2n) is 4.10. The van der Waals surface area contributed by atoms with Gasteiger partial charge in [-0.15, -0.1) is 0 Å². The first-order valence-corrected chi connectivity index (χ1v) is 7.53. The maximum Gasteiger partial charge on any atom is 0.259 e. The van der Waals surface area contributed by atoms with Crippen LogP contribution in [0, 0.1) is 6.92 Å². The molecule has 0 aliphatic rings. The van der Waals surface area contributed by atoms with Crippen molar-refractivity contribution in [3.05, 3.63) is 30.2 Å². The zero-order valence-electron chi connectivity index (χ0n) is 10.9. The molecule has 2 aromatic rings. The lowest BCUT2D eigenvalue weighted by Gasteiger charge is -2.02. The minimum atomic E-state index is -3.55. The standard InChI is InChI=1S/C11H17N5O2S/c1-3-16-8-11(15-9(16)2)19(17,18)14-5-4-10-12-6-7-13-10/h6-8,14H,3-5H2,1-2H3,(H,12,13). The fourth-order valence-corrected chi connectivity index (χ4v) is 2.78. The molecular formula is C11H17N5O2S. The molecule has 0 aliphatic carbocycles. The summed E-state index contributed by atoms with van der Waals surface area (Å²) in [7, 11) is -3.55. The van der Waals surface area contributed by atoms with E-state index < -0.39 is 10.0 Å². The van der Waals surface area contributed by atoms with Crippen molar-refractivity contribution in [2.24, 2.45) is 0 Å². The van der Waals surface area contributed by atoms with E-state index in [0.717, 1.165) is 5.82 Å². The van der Waals surface area contributed by atoms with Crippen molar-refractivity contribution in [1.82, 2.24) is 24.2 Å². The van der Waals surface area contributed by atoms with E-state index in [2.05, 4.69) is 19.7 Å². The Morgan fingerprint density at radius 3 is 2.84 bits per heavy atom. The molecule has 0 saturated heterocycles. The van der Waals surface area contributed by atoms with Crippen molar-refractivity contribution < 1.29 is 8.42 Å². The average Bonchev–Trinajstić information content (AvgIpc) is 2.98. The van der Waals surface area contributed by atoms with Gasteiger partial charge in [0.25, 0.3) is 10.0 Å². The number of H-pyrrole nitrogens is 1. The number of imidazole rings is 2. The summed E-state index contributed by atoms with van der Waals surface area (Å²) in [4.78, 5) is 11.0. The van der Waals surface area contributed by atoms with E-state index >= 15 is 0 Å². The van der Waals surface area contributed by atoms with E-state index in [1.54, 1.807) is 30.1 Å². The molecule has 8 heteroatoms. The van der Waals surface area contributed by atoms with Gasteiger partial charge >= 0.3 is 0 Å². The highest BCUT2D eigenvalue weighted by Crippen LogP contribution is 2.08. The molecule has 0 amide bonds. The first kappa shape index (κ1) is 13.8. The third-order valence-electron chi connectivity index (χ3n) is 2.78. The minimum Gasteiger partial charge on any atom is -0.349 e. The van der Waals surface area contributed by atoms with Crippen molar-refractivity contribution in [2.45, 2.75) is 31.8 Å². The molecule has 2 N–H and O–H groups in total. The smallest absolute Gasteiger partial charge is 0.259 e. The molecule has 0 aromatic carbocycles. The fraction of sp³-hybridized carbons (Fsp3) is 0.455. The molecular weight excluding hydrogens is 266 g/mol. The van der Waals surface area contributed by atoms with Gasteiger partial charge in [0.05, 0.1) is 0 Å². The third-order valence-corrected chi connectivity index (χ3v) is 4.11. The lowest BCUT2D eigenvalue weighted by atomic mass is 10.4. The van der Waals surface area contributed by atoms with Gasteiger partial charge in [-0.1, -0.05) is 0 Å². The Bertz CT molecular complexity index is 630. The molecule has 0 fully saturated rings. The summed E-state index contributed by atoms with van der Waals surface area (Å²) in [5.41, 5.74) is 0. The number of nitrogens with one attached hydrogen (secondary N) is 2. The lowest BCUT2D eigenvalue weighted by Crippen LogP contribution is -2.26. The molecule has 2 aromatic heterocycles. The van der Waals surface area contributed by atoms with Crippen molar-refractivity contribution >= 4 is 10.0 Å². The molecule has 0 aliphatic heterocycles. The summed E-state index contributed by atoms with van der Waals surface area (Å²) in [6.45, 7) is 4.70. The molecule has 7 nitrogen and oxygen atoms in total. The summed E-state index contributed by atoms with van der Waals surface area (Å²) < 4.78 is 28.4. The van der Waals surface area contributed by atoms with Crippen LogP contribution in [0.1, 0.15) is 18.6 Å². The summed E-state index contributed by atoms with van der Waals surface area (Å²) in [6.07, 6.45) is 5.40. The minimum absolute atomic E-state index is 0.0614. The molecule has 2 heterocycles. The van der Waals surface area contributed by atoms with Crippen molar-refractivity contribution in [2.75, 3.05) is 6.54 Å². The Kier molecular flexibility index (Phi) is 4.01. The van der Waals surface area contributed by atoms with E-state index in [4.69, 9.17) is 0 Å². The van der Waals surface area contributed by atoms with Crippen LogP contribution in [0.2, 0.25) is 0 Å². The highest BCUT2D eigenvalue weighted by atomic mass is 32.2. The Morgan fingerprint density at radius 1 is 1.47 bits per heavy atom. The normalized spacial score (nSPS) is 11.9. The van der Waals surface area contributed by atoms with E-state index in [9.17, 15) is 8.42 Å². The number of sulfonamides is 1. The van der Waals surface area contributed by atoms with Crippen LogP contribution in [-0.2, 0) is 23.0 Å². The third kappa shape index (κ3) is 3.21. The van der Waals surface area contributed by atoms with E-state index in [1.807, 2.05) is 6.92 Å². The van der Waals surface area contributed by atoms with Crippen LogP contribution in [-0.4, -0.2) is 34.5 Å². The van der Waals surface area contributed by atoms with Crippen molar-refractivity contribution in [3.63, 3.8) is 0 Å². The van der Waals surface area contributed by atoms with Gasteiger partial charge in [-0.3, -0.25) is 0 Å². The van der Waals surface area contributed by atoms with Crippen LogP contribution in [0.15, 0.2) is 23.6 Å².